The molecule has 0 saturated carbocycles. The molecule has 5 heteroatoms. The Morgan fingerprint density at radius 3 is 3.43 bits per heavy atom. The van der Waals surface area contributed by atoms with Crippen LogP contribution in [-0.2, 0) is 4.74 Å². The Hall–Kier alpha value is -0.650. The third-order valence-electron chi connectivity index (χ3n) is 2.26. The van der Waals surface area contributed by atoms with E-state index in [-0.39, 0.29) is 6.10 Å². The van der Waals surface area contributed by atoms with E-state index >= 15 is 0 Å². The zero-order valence-corrected chi connectivity index (χ0v) is 9.09. The van der Waals surface area contributed by atoms with Crippen LogP contribution in [0.1, 0.15) is 0 Å². The molecule has 1 aromatic rings. The van der Waals surface area contributed by atoms with Crippen molar-refractivity contribution in [1.29, 1.82) is 0 Å². The van der Waals surface area contributed by atoms with Gasteiger partial charge in [-0.15, -0.1) is 11.3 Å². The lowest BCUT2D eigenvalue weighted by atomic mass is 10.3. The van der Waals surface area contributed by atoms with Gasteiger partial charge in [-0.3, -0.25) is 0 Å². The van der Waals surface area contributed by atoms with E-state index in [1.807, 2.05) is 18.6 Å². The second kappa shape index (κ2) is 4.72. The number of ether oxygens (including phenoxy) is 1. The lowest BCUT2D eigenvalue weighted by Gasteiger charge is -2.32. The fourth-order valence-corrected chi connectivity index (χ4v) is 2.30. The number of morpholine rings is 1. The predicted molar refractivity (Wildman–Crippen MR) is 58.0 cm³/mol. The highest BCUT2D eigenvalue weighted by Crippen LogP contribution is 2.19. The van der Waals surface area contributed by atoms with E-state index in [9.17, 15) is 0 Å². The van der Waals surface area contributed by atoms with E-state index < -0.39 is 0 Å². The molecule has 2 heterocycles. The van der Waals surface area contributed by atoms with Crippen LogP contribution in [0.2, 0.25) is 0 Å². The maximum Gasteiger partial charge on any atom is 0.185 e. The van der Waals surface area contributed by atoms with Crippen molar-refractivity contribution >= 4 is 16.5 Å². The molecule has 0 spiro atoms. The van der Waals surface area contributed by atoms with E-state index in [1.165, 1.54) is 0 Å². The van der Waals surface area contributed by atoms with Crippen LogP contribution in [0.5, 0.6) is 0 Å². The van der Waals surface area contributed by atoms with Crippen molar-refractivity contribution in [2.24, 2.45) is 0 Å². The molecule has 1 N–H and O–H groups in total. The SMILES string of the molecule is CNCC1CN(c2nccs2)CCO1. The van der Waals surface area contributed by atoms with Crippen LogP contribution in [0.3, 0.4) is 0 Å². The van der Waals surface area contributed by atoms with Crippen LogP contribution in [0.15, 0.2) is 11.6 Å². The summed E-state index contributed by atoms with van der Waals surface area (Å²) in [6, 6.07) is 0. The average molecular weight is 213 g/mol. The van der Waals surface area contributed by atoms with Gasteiger partial charge in [0.2, 0.25) is 0 Å². The predicted octanol–water partition coefficient (Wildman–Crippen LogP) is 0.568. The first-order valence-corrected chi connectivity index (χ1v) is 5.69. The Morgan fingerprint density at radius 2 is 2.71 bits per heavy atom. The number of nitrogens with one attached hydrogen (secondary N) is 1. The van der Waals surface area contributed by atoms with Crippen LogP contribution in [0.4, 0.5) is 5.13 Å². The number of nitrogens with zero attached hydrogens (tertiary/aromatic N) is 2. The number of hydrogen-bond acceptors (Lipinski definition) is 5. The van der Waals surface area contributed by atoms with Gasteiger partial charge in [0.05, 0.1) is 12.7 Å². The molecule has 0 aromatic carbocycles. The molecule has 4 nitrogen and oxygen atoms in total. The van der Waals surface area contributed by atoms with E-state index in [0.29, 0.717) is 0 Å². The van der Waals surface area contributed by atoms with Gasteiger partial charge in [-0.25, -0.2) is 4.98 Å². The summed E-state index contributed by atoms with van der Waals surface area (Å²) in [5.74, 6) is 0. The fourth-order valence-electron chi connectivity index (χ4n) is 1.62. The van der Waals surface area contributed by atoms with Crippen LogP contribution in [0, 0.1) is 0 Å². The maximum absolute atomic E-state index is 5.62. The molecule has 1 aromatic heterocycles. The minimum absolute atomic E-state index is 0.289. The Kier molecular flexibility index (Phi) is 3.34. The smallest absolute Gasteiger partial charge is 0.185 e. The summed E-state index contributed by atoms with van der Waals surface area (Å²) < 4.78 is 5.62. The van der Waals surface area contributed by atoms with Gasteiger partial charge in [0.25, 0.3) is 0 Å². The Bertz CT molecular complexity index is 263. The van der Waals surface area contributed by atoms with Gasteiger partial charge in [-0.2, -0.15) is 0 Å². The first kappa shape index (κ1) is 9.89. The van der Waals surface area contributed by atoms with E-state index in [1.54, 1.807) is 11.3 Å². The number of rotatable bonds is 3. The molecular weight excluding hydrogens is 198 g/mol. The third-order valence-corrected chi connectivity index (χ3v) is 3.09. The summed E-state index contributed by atoms with van der Waals surface area (Å²) in [7, 11) is 1.95. The van der Waals surface area contributed by atoms with E-state index in [0.717, 1.165) is 31.4 Å². The van der Waals surface area contributed by atoms with Crippen LogP contribution < -0.4 is 10.2 Å². The molecule has 1 atom stereocenters. The molecule has 0 aliphatic carbocycles. The summed E-state index contributed by atoms with van der Waals surface area (Å²) in [6.45, 7) is 3.59. The molecule has 1 fully saturated rings. The second-order valence-electron chi connectivity index (χ2n) is 3.31. The third kappa shape index (κ3) is 2.23. The van der Waals surface area contributed by atoms with Crippen molar-refractivity contribution in [1.82, 2.24) is 10.3 Å². The van der Waals surface area contributed by atoms with Crippen LogP contribution in [0.25, 0.3) is 0 Å². The summed E-state index contributed by atoms with van der Waals surface area (Å²) in [5.41, 5.74) is 0. The molecule has 14 heavy (non-hydrogen) atoms. The zero-order chi connectivity index (χ0) is 9.80. The molecule has 78 valence electrons. The molecule has 1 unspecified atom stereocenters. The van der Waals surface area contributed by atoms with Crippen LogP contribution in [-0.4, -0.2) is 44.4 Å². The highest BCUT2D eigenvalue weighted by Gasteiger charge is 2.21. The fraction of sp³-hybridized carbons (Fsp3) is 0.667. The quantitative estimate of drug-likeness (QED) is 0.796. The highest BCUT2D eigenvalue weighted by atomic mass is 32.1. The number of thiazole rings is 1. The first-order valence-electron chi connectivity index (χ1n) is 4.81. The van der Waals surface area contributed by atoms with E-state index in [2.05, 4.69) is 15.2 Å². The van der Waals surface area contributed by atoms with Gasteiger partial charge >= 0.3 is 0 Å². The van der Waals surface area contributed by atoms with Gasteiger partial charge < -0.3 is 15.0 Å². The summed E-state index contributed by atoms with van der Waals surface area (Å²) in [5, 5.41) is 6.25. The Morgan fingerprint density at radius 1 is 1.79 bits per heavy atom. The lowest BCUT2D eigenvalue weighted by Crippen LogP contribution is -2.46. The van der Waals surface area contributed by atoms with Crippen molar-refractivity contribution in [3.8, 4) is 0 Å². The lowest BCUT2D eigenvalue weighted by molar-refractivity contribution is 0.0421. The zero-order valence-electron chi connectivity index (χ0n) is 8.27. The topological polar surface area (TPSA) is 37.4 Å². The highest BCUT2D eigenvalue weighted by molar-refractivity contribution is 7.13. The molecule has 0 bridgehead atoms. The van der Waals surface area contributed by atoms with Gasteiger partial charge in [-0.1, -0.05) is 0 Å². The number of likely N-dealkylation sites (N-methyl/N-ethyl adjacent to an activating group) is 1. The first-order chi connectivity index (χ1) is 6.90. The van der Waals surface area contributed by atoms with Gasteiger partial charge in [0.15, 0.2) is 5.13 Å². The molecule has 1 aliphatic heterocycles. The standard InChI is InChI=1S/C9H15N3OS/c1-10-6-8-7-12(3-4-13-8)9-11-2-5-14-9/h2,5,8,10H,3-4,6-7H2,1H3. The van der Waals surface area contributed by atoms with Crippen molar-refractivity contribution in [2.75, 3.05) is 38.2 Å². The minimum Gasteiger partial charge on any atom is -0.373 e. The van der Waals surface area contributed by atoms with Crippen molar-refractivity contribution in [3.63, 3.8) is 0 Å². The summed E-state index contributed by atoms with van der Waals surface area (Å²) in [6.07, 6.45) is 2.14. The number of hydrogen-bond donors (Lipinski definition) is 1. The van der Waals surface area contributed by atoms with Gasteiger partial charge in [-0.05, 0) is 7.05 Å². The molecule has 0 radical (unpaired) electrons. The molecule has 0 amide bonds. The molecule has 1 aliphatic rings. The minimum atomic E-state index is 0.289. The molecular formula is C9H15N3OS. The Labute approximate surface area is 87.9 Å². The number of aromatic nitrogens is 1. The van der Waals surface area contributed by atoms with Gasteiger partial charge in [0.1, 0.15) is 0 Å². The molecule has 1 saturated heterocycles. The largest absolute Gasteiger partial charge is 0.373 e. The van der Waals surface area contributed by atoms with Crippen molar-refractivity contribution < 1.29 is 4.74 Å². The number of anilines is 1. The Balaban J connectivity index is 1.94. The summed E-state index contributed by atoms with van der Waals surface area (Å²) in [4.78, 5) is 6.59. The maximum atomic E-state index is 5.62. The van der Waals surface area contributed by atoms with E-state index in [4.69, 9.17) is 4.74 Å². The second-order valence-corrected chi connectivity index (χ2v) is 4.18. The van der Waals surface area contributed by atoms with Gasteiger partial charge in [0, 0.05) is 31.2 Å². The van der Waals surface area contributed by atoms with Crippen molar-refractivity contribution in [2.45, 2.75) is 6.10 Å². The van der Waals surface area contributed by atoms with Crippen molar-refractivity contribution in [3.05, 3.63) is 11.6 Å². The van der Waals surface area contributed by atoms with Crippen LogP contribution >= 0.6 is 11.3 Å². The molecule has 2 rings (SSSR count). The summed E-state index contributed by atoms with van der Waals surface area (Å²) >= 11 is 1.69. The average Bonchev–Trinajstić information content (AvgIpc) is 2.71. The monoisotopic (exact) mass is 213 g/mol. The normalized spacial score (nSPS) is 22.6.